The van der Waals surface area contributed by atoms with Crippen molar-refractivity contribution < 1.29 is 19.2 Å². The summed E-state index contributed by atoms with van der Waals surface area (Å²) in [5.74, 6) is -1.08. The van der Waals surface area contributed by atoms with Crippen LogP contribution in [0, 0.1) is 10.1 Å². The minimum atomic E-state index is -0.954. The number of nitrogens with zero attached hydrogens (tertiary/aromatic N) is 1. The summed E-state index contributed by atoms with van der Waals surface area (Å²) in [6.07, 6.45) is 7.19. The van der Waals surface area contributed by atoms with Gasteiger partial charge in [0.25, 0.3) is 11.6 Å². The van der Waals surface area contributed by atoms with Gasteiger partial charge in [-0.3, -0.25) is 14.9 Å². The first kappa shape index (κ1) is 20.2. The highest BCUT2D eigenvalue weighted by atomic mass is 32.2. The Labute approximate surface area is 157 Å². The molecular weight excluding hydrogens is 356 g/mol. The van der Waals surface area contributed by atoms with Crippen molar-refractivity contribution in [2.75, 3.05) is 6.26 Å². The van der Waals surface area contributed by atoms with Gasteiger partial charge in [-0.2, -0.15) is 0 Å². The molecule has 1 atom stereocenters. The average molecular weight is 380 g/mol. The molecule has 142 valence electrons. The number of esters is 1. The molecule has 7 nitrogen and oxygen atoms in total. The van der Waals surface area contributed by atoms with E-state index in [0.717, 1.165) is 25.7 Å². The molecule has 2 rings (SSSR count). The van der Waals surface area contributed by atoms with Crippen molar-refractivity contribution in [1.29, 1.82) is 0 Å². The van der Waals surface area contributed by atoms with Crippen LogP contribution in [0.4, 0.5) is 5.69 Å². The summed E-state index contributed by atoms with van der Waals surface area (Å²) in [5.41, 5.74) is -0.0915. The number of carbonyl (C=O) groups is 2. The van der Waals surface area contributed by atoms with E-state index in [1.165, 1.54) is 49.7 Å². The number of benzene rings is 1. The Balaban J connectivity index is 1.98. The van der Waals surface area contributed by atoms with Crippen LogP contribution in [-0.2, 0) is 9.53 Å². The van der Waals surface area contributed by atoms with Gasteiger partial charge in [0.05, 0.1) is 15.4 Å². The largest absolute Gasteiger partial charge is 0.449 e. The molecule has 26 heavy (non-hydrogen) atoms. The number of hydrogen-bond acceptors (Lipinski definition) is 6. The maximum atomic E-state index is 12.3. The molecule has 1 saturated carbocycles. The van der Waals surface area contributed by atoms with E-state index in [4.69, 9.17) is 4.74 Å². The van der Waals surface area contributed by atoms with E-state index in [1.54, 1.807) is 6.26 Å². The third-order valence-electron chi connectivity index (χ3n) is 4.47. The van der Waals surface area contributed by atoms with Crippen LogP contribution in [0.2, 0.25) is 0 Å². The number of carbonyl (C=O) groups excluding carboxylic acids is 2. The van der Waals surface area contributed by atoms with Crippen LogP contribution < -0.4 is 5.32 Å². The number of thioether (sulfide) groups is 1. The molecule has 1 aliphatic rings. The third-order valence-corrected chi connectivity index (χ3v) is 5.25. The van der Waals surface area contributed by atoms with Gasteiger partial charge in [0.1, 0.15) is 0 Å². The number of nitrogens with one attached hydrogen (secondary N) is 1. The molecule has 0 bridgehead atoms. The summed E-state index contributed by atoms with van der Waals surface area (Å²) >= 11 is 1.23. The number of ether oxygens (including phenoxy) is 1. The Hall–Kier alpha value is -2.09. The van der Waals surface area contributed by atoms with Gasteiger partial charge in [0.2, 0.25) is 0 Å². The second-order valence-electron chi connectivity index (χ2n) is 6.39. The minimum absolute atomic E-state index is 0.0589. The molecule has 0 aromatic heterocycles. The Morgan fingerprint density at radius 3 is 2.50 bits per heavy atom. The normalized spacial score (nSPS) is 16.4. The smallest absolute Gasteiger partial charge is 0.339 e. The third kappa shape index (κ3) is 5.45. The minimum Gasteiger partial charge on any atom is -0.449 e. The van der Waals surface area contributed by atoms with Crippen molar-refractivity contribution in [3.05, 3.63) is 33.9 Å². The predicted octanol–water partition coefficient (Wildman–Crippen LogP) is 3.70. The first-order valence-electron chi connectivity index (χ1n) is 8.76. The lowest BCUT2D eigenvalue weighted by atomic mass is 10.1. The quantitative estimate of drug-likeness (QED) is 0.266. The van der Waals surface area contributed by atoms with E-state index in [9.17, 15) is 19.7 Å². The van der Waals surface area contributed by atoms with Crippen LogP contribution in [0.15, 0.2) is 23.1 Å². The topological polar surface area (TPSA) is 98.5 Å². The van der Waals surface area contributed by atoms with Crippen LogP contribution in [0.25, 0.3) is 0 Å². The Morgan fingerprint density at radius 2 is 1.92 bits per heavy atom. The second-order valence-corrected chi connectivity index (χ2v) is 7.24. The fourth-order valence-electron chi connectivity index (χ4n) is 2.98. The highest BCUT2D eigenvalue weighted by Gasteiger charge is 2.24. The molecule has 0 radical (unpaired) electrons. The number of hydrogen-bond donors (Lipinski definition) is 1. The highest BCUT2D eigenvalue weighted by molar-refractivity contribution is 7.98. The Morgan fingerprint density at radius 1 is 1.27 bits per heavy atom. The van der Waals surface area contributed by atoms with Crippen molar-refractivity contribution in [3.8, 4) is 0 Å². The van der Waals surface area contributed by atoms with Gasteiger partial charge in [-0.15, -0.1) is 11.8 Å². The standard InChI is InChI=1S/C18H24N2O5S/c1-12(17(21)19-14-7-5-3-4-6-8-14)25-18(22)13-9-10-16(26-2)15(11-13)20(23)24/h9-12,14H,3-8H2,1-2H3,(H,19,21)/t12-/m0/s1. The molecule has 1 aliphatic carbocycles. The van der Waals surface area contributed by atoms with Crippen LogP contribution >= 0.6 is 11.8 Å². The molecule has 1 aromatic carbocycles. The van der Waals surface area contributed by atoms with E-state index in [-0.39, 0.29) is 23.2 Å². The Bertz CT molecular complexity index is 672. The van der Waals surface area contributed by atoms with Gasteiger partial charge in [-0.25, -0.2) is 4.79 Å². The van der Waals surface area contributed by atoms with E-state index in [0.29, 0.717) is 4.90 Å². The molecule has 1 fully saturated rings. The number of nitro benzene ring substituents is 1. The maximum Gasteiger partial charge on any atom is 0.339 e. The van der Waals surface area contributed by atoms with Gasteiger partial charge in [-0.1, -0.05) is 25.7 Å². The number of rotatable bonds is 6. The first-order valence-corrected chi connectivity index (χ1v) is 9.98. The van der Waals surface area contributed by atoms with Gasteiger partial charge in [0, 0.05) is 12.1 Å². The van der Waals surface area contributed by atoms with Crippen molar-refractivity contribution in [3.63, 3.8) is 0 Å². The fourth-order valence-corrected chi connectivity index (χ4v) is 3.53. The van der Waals surface area contributed by atoms with Gasteiger partial charge in [-0.05, 0) is 38.2 Å². The summed E-state index contributed by atoms with van der Waals surface area (Å²) in [7, 11) is 0. The zero-order chi connectivity index (χ0) is 19.1. The Kier molecular flexibility index (Phi) is 7.44. The molecule has 0 unspecified atom stereocenters. The summed E-state index contributed by atoms with van der Waals surface area (Å²) in [4.78, 5) is 35.6. The van der Waals surface area contributed by atoms with E-state index < -0.39 is 17.0 Å². The molecule has 1 N–H and O–H groups in total. The van der Waals surface area contributed by atoms with Crippen LogP contribution in [-0.4, -0.2) is 35.2 Å². The average Bonchev–Trinajstić information content (AvgIpc) is 2.89. The van der Waals surface area contributed by atoms with Gasteiger partial charge in [0.15, 0.2) is 6.10 Å². The summed E-state index contributed by atoms with van der Waals surface area (Å²) in [6, 6.07) is 4.28. The molecule has 0 spiro atoms. The second kappa shape index (κ2) is 9.56. The van der Waals surface area contributed by atoms with Crippen molar-refractivity contribution in [2.24, 2.45) is 0 Å². The molecular formula is C18H24N2O5S. The van der Waals surface area contributed by atoms with E-state index in [2.05, 4.69) is 5.32 Å². The predicted molar refractivity (Wildman–Crippen MR) is 99.4 cm³/mol. The van der Waals surface area contributed by atoms with Crippen molar-refractivity contribution >= 4 is 29.3 Å². The van der Waals surface area contributed by atoms with Crippen molar-refractivity contribution in [1.82, 2.24) is 5.32 Å². The summed E-state index contributed by atoms with van der Waals surface area (Å²) < 4.78 is 5.20. The van der Waals surface area contributed by atoms with Crippen LogP contribution in [0.3, 0.4) is 0 Å². The molecule has 1 aromatic rings. The van der Waals surface area contributed by atoms with E-state index in [1.807, 2.05) is 0 Å². The van der Waals surface area contributed by atoms with Gasteiger partial charge < -0.3 is 10.1 Å². The molecule has 1 amide bonds. The lowest BCUT2D eigenvalue weighted by Crippen LogP contribution is -2.41. The summed E-state index contributed by atoms with van der Waals surface area (Å²) in [5, 5.41) is 14.0. The lowest BCUT2D eigenvalue weighted by Gasteiger charge is -2.19. The fraction of sp³-hybridized carbons (Fsp3) is 0.556. The van der Waals surface area contributed by atoms with Crippen LogP contribution in [0.5, 0.6) is 0 Å². The van der Waals surface area contributed by atoms with E-state index >= 15 is 0 Å². The highest BCUT2D eigenvalue weighted by Crippen LogP contribution is 2.28. The number of nitro groups is 1. The SMILES string of the molecule is CSc1ccc(C(=O)O[C@@H](C)C(=O)NC2CCCCCC2)cc1[N+](=O)[O-]. The zero-order valence-electron chi connectivity index (χ0n) is 15.0. The van der Waals surface area contributed by atoms with Gasteiger partial charge >= 0.3 is 5.97 Å². The summed E-state index contributed by atoms with van der Waals surface area (Å²) in [6.45, 7) is 1.51. The lowest BCUT2D eigenvalue weighted by molar-refractivity contribution is -0.387. The molecule has 0 heterocycles. The molecule has 8 heteroatoms. The number of amides is 1. The zero-order valence-corrected chi connectivity index (χ0v) is 15.8. The van der Waals surface area contributed by atoms with Crippen LogP contribution in [0.1, 0.15) is 55.8 Å². The first-order chi connectivity index (χ1) is 12.4. The van der Waals surface area contributed by atoms with Crippen molar-refractivity contribution in [2.45, 2.75) is 62.5 Å². The molecule has 0 aliphatic heterocycles. The molecule has 0 saturated heterocycles. The monoisotopic (exact) mass is 380 g/mol. The maximum absolute atomic E-state index is 12.3.